The highest BCUT2D eigenvalue weighted by Gasteiger charge is 2.13. The highest BCUT2D eigenvalue weighted by molar-refractivity contribution is 5.86. The summed E-state index contributed by atoms with van der Waals surface area (Å²) >= 11 is 0. The van der Waals surface area contributed by atoms with Crippen molar-refractivity contribution in [3.8, 4) is 0 Å². The van der Waals surface area contributed by atoms with Gasteiger partial charge in [-0.15, -0.1) is 0 Å². The summed E-state index contributed by atoms with van der Waals surface area (Å²) < 4.78 is 5.54. The van der Waals surface area contributed by atoms with Crippen molar-refractivity contribution in [1.82, 2.24) is 0 Å². The van der Waals surface area contributed by atoms with Crippen LogP contribution in [0.3, 0.4) is 0 Å². The lowest BCUT2D eigenvalue weighted by molar-refractivity contribution is 0.121. The number of hydrogen-bond acceptors (Lipinski definition) is 4. The summed E-state index contributed by atoms with van der Waals surface area (Å²) in [5.41, 5.74) is 5.01. The van der Waals surface area contributed by atoms with E-state index in [0.29, 0.717) is 0 Å². The van der Waals surface area contributed by atoms with Gasteiger partial charge < -0.3 is 14.5 Å². The molecule has 1 atom stereocenters. The predicted molar refractivity (Wildman–Crippen MR) is 114 cm³/mol. The summed E-state index contributed by atoms with van der Waals surface area (Å²) in [7, 11) is 3.99. The van der Waals surface area contributed by atoms with E-state index < -0.39 is 6.09 Å². The minimum Gasteiger partial charge on any atom is -0.441 e. The number of hydrogen-bond donors (Lipinski definition) is 1. The van der Waals surface area contributed by atoms with Gasteiger partial charge in [0, 0.05) is 44.2 Å². The third-order valence-corrected chi connectivity index (χ3v) is 4.74. The zero-order valence-electron chi connectivity index (χ0n) is 17.2. The number of ether oxygens (including phenoxy) is 1. The SMILES string of the molecule is CCN(CC)c1ccc(NC(=O)OC(C)c2ccc(N(C)C)cc2)c(C)c1. The van der Waals surface area contributed by atoms with Gasteiger partial charge in [0.05, 0.1) is 0 Å². The molecule has 5 nitrogen and oxygen atoms in total. The first kappa shape index (κ1) is 20.6. The fourth-order valence-electron chi connectivity index (χ4n) is 2.99. The maximum Gasteiger partial charge on any atom is 0.412 e. The molecule has 0 bridgehead atoms. The van der Waals surface area contributed by atoms with Gasteiger partial charge in [-0.3, -0.25) is 5.32 Å². The lowest BCUT2D eigenvalue weighted by atomic mass is 10.1. The van der Waals surface area contributed by atoms with Crippen LogP contribution in [0.2, 0.25) is 0 Å². The molecule has 0 spiro atoms. The second kappa shape index (κ2) is 9.31. The number of nitrogens with zero attached hydrogens (tertiary/aromatic N) is 2. The number of nitrogens with one attached hydrogen (secondary N) is 1. The molecule has 0 fully saturated rings. The molecule has 0 radical (unpaired) electrons. The van der Waals surface area contributed by atoms with E-state index >= 15 is 0 Å². The van der Waals surface area contributed by atoms with Crippen LogP contribution in [0.1, 0.15) is 38.0 Å². The smallest absolute Gasteiger partial charge is 0.412 e. The number of carbonyl (C=O) groups excluding carboxylic acids is 1. The molecule has 146 valence electrons. The number of benzene rings is 2. The van der Waals surface area contributed by atoms with Crippen molar-refractivity contribution in [2.45, 2.75) is 33.8 Å². The maximum atomic E-state index is 12.3. The summed E-state index contributed by atoms with van der Waals surface area (Å²) in [5, 5.41) is 2.85. The van der Waals surface area contributed by atoms with Crippen molar-refractivity contribution in [3.05, 3.63) is 53.6 Å². The van der Waals surface area contributed by atoms with Gasteiger partial charge in [-0.05, 0) is 69.2 Å². The normalized spacial score (nSPS) is 11.6. The van der Waals surface area contributed by atoms with Crippen LogP contribution in [-0.4, -0.2) is 33.3 Å². The molecular formula is C22H31N3O2. The molecule has 2 aromatic rings. The molecule has 1 N–H and O–H groups in total. The van der Waals surface area contributed by atoms with E-state index in [1.165, 1.54) is 0 Å². The van der Waals surface area contributed by atoms with Crippen molar-refractivity contribution < 1.29 is 9.53 Å². The fraction of sp³-hybridized carbons (Fsp3) is 0.409. The van der Waals surface area contributed by atoms with Gasteiger partial charge in [0.1, 0.15) is 6.10 Å². The first-order valence-electron chi connectivity index (χ1n) is 9.46. The Bertz CT molecular complexity index is 753. The van der Waals surface area contributed by atoms with Crippen molar-refractivity contribution in [2.24, 2.45) is 0 Å². The van der Waals surface area contributed by atoms with Crippen LogP contribution in [0.25, 0.3) is 0 Å². The first-order chi connectivity index (χ1) is 12.8. The van der Waals surface area contributed by atoms with Gasteiger partial charge in [0.15, 0.2) is 0 Å². The van der Waals surface area contributed by atoms with E-state index in [9.17, 15) is 4.79 Å². The molecule has 27 heavy (non-hydrogen) atoms. The Hall–Kier alpha value is -2.69. The minimum atomic E-state index is -0.446. The maximum absolute atomic E-state index is 12.3. The molecular weight excluding hydrogens is 338 g/mol. The number of carbonyl (C=O) groups is 1. The Kier molecular flexibility index (Phi) is 7.11. The topological polar surface area (TPSA) is 44.8 Å². The minimum absolute atomic E-state index is 0.323. The molecule has 0 aliphatic heterocycles. The van der Waals surface area contributed by atoms with Crippen molar-refractivity contribution in [2.75, 3.05) is 42.3 Å². The quantitative estimate of drug-likeness (QED) is 0.727. The summed E-state index contributed by atoms with van der Waals surface area (Å²) in [6, 6.07) is 14.0. The van der Waals surface area contributed by atoms with Gasteiger partial charge in [-0.2, -0.15) is 0 Å². The lowest BCUT2D eigenvalue weighted by Crippen LogP contribution is -2.22. The van der Waals surface area contributed by atoms with Crippen LogP contribution >= 0.6 is 0 Å². The highest BCUT2D eigenvalue weighted by atomic mass is 16.6. The van der Waals surface area contributed by atoms with E-state index in [1.807, 2.05) is 69.2 Å². The van der Waals surface area contributed by atoms with E-state index in [1.54, 1.807) is 0 Å². The van der Waals surface area contributed by atoms with Gasteiger partial charge in [0.2, 0.25) is 0 Å². The summed E-state index contributed by atoms with van der Waals surface area (Å²) in [6.07, 6.45) is -0.769. The van der Waals surface area contributed by atoms with E-state index in [2.05, 4.69) is 30.1 Å². The Balaban J connectivity index is 2.00. The monoisotopic (exact) mass is 369 g/mol. The Morgan fingerprint density at radius 1 is 1.04 bits per heavy atom. The van der Waals surface area contributed by atoms with Gasteiger partial charge in [-0.1, -0.05) is 12.1 Å². The van der Waals surface area contributed by atoms with Crippen LogP contribution in [0.15, 0.2) is 42.5 Å². The fourth-order valence-corrected chi connectivity index (χ4v) is 2.99. The molecule has 5 heteroatoms. The molecule has 0 aliphatic carbocycles. The predicted octanol–water partition coefficient (Wildman–Crippen LogP) is 5.22. The van der Waals surface area contributed by atoms with Gasteiger partial charge in [0.25, 0.3) is 0 Å². The second-order valence-corrected chi connectivity index (χ2v) is 6.83. The van der Waals surface area contributed by atoms with Crippen molar-refractivity contribution in [3.63, 3.8) is 0 Å². The average molecular weight is 370 g/mol. The Labute approximate surface area is 162 Å². The third-order valence-electron chi connectivity index (χ3n) is 4.74. The van der Waals surface area contributed by atoms with E-state index in [0.717, 1.165) is 41.3 Å². The number of anilines is 3. The largest absolute Gasteiger partial charge is 0.441 e. The molecule has 2 aromatic carbocycles. The van der Waals surface area contributed by atoms with Gasteiger partial charge in [-0.25, -0.2) is 4.79 Å². The molecule has 1 amide bonds. The molecule has 0 aromatic heterocycles. The highest BCUT2D eigenvalue weighted by Crippen LogP contribution is 2.24. The van der Waals surface area contributed by atoms with Gasteiger partial charge >= 0.3 is 6.09 Å². The number of amides is 1. The first-order valence-corrected chi connectivity index (χ1v) is 9.46. The molecule has 0 heterocycles. The number of aryl methyl sites for hydroxylation is 1. The summed E-state index contributed by atoms with van der Waals surface area (Å²) in [6.45, 7) is 10.0. The van der Waals surface area contributed by atoms with E-state index in [-0.39, 0.29) is 6.10 Å². The zero-order chi connectivity index (χ0) is 20.0. The Morgan fingerprint density at radius 3 is 2.15 bits per heavy atom. The summed E-state index contributed by atoms with van der Waals surface area (Å²) in [5.74, 6) is 0. The standard InChI is InChI=1S/C22H31N3O2/c1-7-25(8-2)20-13-14-21(16(3)15-20)23-22(26)27-17(4)18-9-11-19(12-10-18)24(5)6/h9-15,17H,7-8H2,1-6H3,(H,23,26). The average Bonchev–Trinajstić information content (AvgIpc) is 2.64. The summed E-state index contributed by atoms with van der Waals surface area (Å²) in [4.78, 5) is 16.6. The molecule has 0 aliphatic rings. The van der Waals surface area contributed by atoms with Crippen molar-refractivity contribution in [1.29, 1.82) is 0 Å². The van der Waals surface area contributed by atoms with Crippen LogP contribution < -0.4 is 15.1 Å². The Morgan fingerprint density at radius 2 is 1.63 bits per heavy atom. The molecule has 0 saturated carbocycles. The van der Waals surface area contributed by atoms with Crippen molar-refractivity contribution >= 4 is 23.2 Å². The van der Waals surface area contributed by atoms with Crippen LogP contribution in [-0.2, 0) is 4.74 Å². The number of rotatable bonds is 7. The molecule has 2 rings (SSSR count). The lowest BCUT2D eigenvalue weighted by Gasteiger charge is -2.22. The van der Waals surface area contributed by atoms with Crippen LogP contribution in [0.4, 0.5) is 21.9 Å². The zero-order valence-corrected chi connectivity index (χ0v) is 17.2. The third kappa shape index (κ3) is 5.39. The van der Waals surface area contributed by atoms with E-state index in [4.69, 9.17) is 4.74 Å². The molecule has 0 saturated heterocycles. The second-order valence-electron chi connectivity index (χ2n) is 6.83. The molecule has 1 unspecified atom stereocenters. The van der Waals surface area contributed by atoms with Crippen LogP contribution in [0.5, 0.6) is 0 Å². The van der Waals surface area contributed by atoms with Crippen LogP contribution in [0, 0.1) is 6.92 Å².